The van der Waals surface area contributed by atoms with Crippen molar-refractivity contribution in [2.45, 2.75) is 32.4 Å². The van der Waals surface area contributed by atoms with E-state index in [2.05, 4.69) is 28.9 Å². The first kappa shape index (κ1) is 12.1. The topological polar surface area (TPSA) is 41.6 Å². The Morgan fingerprint density at radius 2 is 2.06 bits per heavy atom. The second-order valence-electron chi connectivity index (χ2n) is 4.54. The molecular formula is C14H21N3. The van der Waals surface area contributed by atoms with E-state index in [1.807, 2.05) is 18.2 Å². The standard InChI is InChI=1S/C14H21N3/c1-2-3-7-10-17-11-13(15)16-14(17)12-8-5-4-6-9-12/h4-6,8-9,13H,2-3,7,10-11,15H2,1H3. The van der Waals surface area contributed by atoms with Crippen molar-refractivity contribution in [3.05, 3.63) is 35.9 Å². The van der Waals surface area contributed by atoms with Crippen molar-refractivity contribution in [2.75, 3.05) is 13.1 Å². The first-order valence-corrected chi connectivity index (χ1v) is 6.45. The zero-order valence-electron chi connectivity index (χ0n) is 10.5. The lowest BCUT2D eigenvalue weighted by molar-refractivity contribution is 0.411. The highest BCUT2D eigenvalue weighted by molar-refractivity contribution is 5.99. The van der Waals surface area contributed by atoms with E-state index in [1.165, 1.54) is 24.8 Å². The Balaban J connectivity index is 2.05. The van der Waals surface area contributed by atoms with Gasteiger partial charge in [0.25, 0.3) is 0 Å². The van der Waals surface area contributed by atoms with Gasteiger partial charge in [-0.2, -0.15) is 0 Å². The van der Waals surface area contributed by atoms with E-state index in [0.717, 1.165) is 18.9 Å². The van der Waals surface area contributed by atoms with Crippen molar-refractivity contribution in [1.29, 1.82) is 0 Å². The molecule has 2 N–H and O–H groups in total. The molecule has 0 aliphatic carbocycles. The molecule has 0 spiro atoms. The molecule has 3 nitrogen and oxygen atoms in total. The van der Waals surface area contributed by atoms with Crippen LogP contribution in [0.15, 0.2) is 35.3 Å². The van der Waals surface area contributed by atoms with Crippen molar-refractivity contribution >= 4 is 5.84 Å². The summed E-state index contributed by atoms with van der Waals surface area (Å²) in [5.74, 6) is 1.06. The van der Waals surface area contributed by atoms with Gasteiger partial charge >= 0.3 is 0 Å². The van der Waals surface area contributed by atoms with E-state index < -0.39 is 0 Å². The van der Waals surface area contributed by atoms with E-state index in [1.54, 1.807) is 0 Å². The van der Waals surface area contributed by atoms with E-state index in [9.17, 15) is 0 Å². The van der Waals surface area contributed by atoms with Crippen LogP contribution in [0.25, 0.3) is 0 Å². The van der Waals surface area contributed by atoms with E-state index in [0.29, 0.717) is 0 Å². The third-order valence-electron chi connectivity index (χ3n) is 3.06. The van der Waals surface area contributed by atoms with Gasteiger partial charge in [0.05, 0.1) is 6.54 Å². The van der Waals surface area contributed by atoms with Crippen LogP contribution in [0.3, 0.4) is 0 Å². The van der Waals surface area contributed by atoms with Gasteiger partial charge in [-0.3, -0.25) is 0 Å². The summed E-state index contributed by atoms with van der Waals surface area (Å²) in [6, 6.07) is 10.3. The van der Waals surface area contributed by atoms with Gasteiger partial charge in [0.15, 0.2) is 0 Å². The molecule has 1 atom stereocenters. The van der Waals surface area contributed by atoms with Crippen LogP contribution in [-0.2, 0) is 0 Å². The molecule has 1 aromatic rings. The smallest absolute Gasteiger partial charge is 0.132 e. The molecule has 1 heterocycles. The maximum absolute atomic E-state index is 5.93. The lowest BCUT2D eigenvalue weighted by atomic mass is 10.2. The third kappa shape index (κ3) is 3.07. The molecule has 0 aromatic heterocycles. The highest BCUT2D eigenvalue weighted by atomic mass is 15.3. The van der Waals surface area contributed by atoms with Crippen LogP contribution in [-0.4, -0.2) is 30.0 Å². The Morgan fingerprint density at radius 1 is 1.29 bits per heavy atom. The van der Waals surface area contributed by atoms with Crippen molar-refractivity contribution in [2.24, 2.45) is 10.7 Å². The van der Waals surface area contributed by atoms with Gasteiger partial charge in [-0.1, -0.05) is 50.1 Å². The molecule has 1 aromatic carbocycles. The van der Waals surface area contributed by atoms with E-state index in [4.69, 9.17) is 5.73 Å². The fraction of sp³-hybridized carbons (Fsp3) is 0.500. The maximum atomic E-state index is 5.93. The minimum absolute atomic E-state index is 0.0631. The Labute approximate surface area is 103 Å². The van der Waals surface area contributed by atoms with Crippen molar-refractivity contribution in [3.8, 4) is 0 Å². The molecule has 0 radical (unpaired) electrons. The fourth-order valence-electron chi connectivity index (χ4n) is 2.19. The summed E-state index contributed by atoms with van der Waals surface area (Å²) in [6.07, 6.45) is 3.67. The molecular weight excluding hydrogens is 210 g/mol. The van der Waals surface area contributed by atoms with Gasteiger partial charge in [-0.25, -0.2) is 4.99 Å². The number of hydrogen-bond donors (Lipinski definition) is 1. The monoisotopic (exact) mass is 231 g/mol. The highest BCUT2D eigenvalue weighted by Gasteiger charge is 2.22. The minimum Gasteiger partial charge on any atom is -0.353 e. The van der Waals surface area contributed by atoms with Crippen LogP contribution in [0.5, 0.6) is 0 Å². The largest absolute Gasteiger partial charge is 0.353 e. The van der Waals surface area contributed by atoms with Crippen molar-refractivity contribution in [1.82, 2.24) is 4.90 Å². The molecule has 1 aliphatic rings. The minimum atomic E-state index is -0.0631. The molecule has 0 saturated carbocycles. The van der Waals surface area contributed by atoms with E-state index >= 15 is 0 Å². The molecule has 17 heavy (non-hydrogen) atoms. The predicted octanol–water partition coefficient (Wildman–Crippen LogP) is 2.22. The van der Waals surface area contributed by atoms with Crippen LogP contribution in [0.1, 0.15) is 31.7 Å². The Kier molecular flexibility index (Phi) is 4.15. The molecule has 92 valence electrons. The van der Waals surface area contributed by atoms with Gasteiger partial charge in [0.2, 0.25) is 0 Å². The zero-order chi connectivity index (χ0) is 12.1. The summed E-state index contributed by atoms with van der Waals surface area (Å²) in [6.45, 7) is 4.14. The predicted molar refractivity (Wildman–Crippen MR) is 72.1 cm³/mol. The van der Waals surface area contributed by atoms with Gasteiger partial charge < -0.3 is 10.6 Å². The molecule has 0 fully saturated rings. The van der Waals surface area contributed by atoms with Crippen LogP contribution in [0.4, 0.5) is 0 Å². The van der Waals surface area contributed by atoms with Gasteiger partial charge in [-0.05, 0) is 6.42 Å². The zero-order valence-corrected chi connectivity index (χ0v) is 10.5. The Bertz CT molecular complexity index is 372. The number of unbranched alkanes of at least 4 members (excludes halogenated alkanes) is 2. The number of nitrogens with zero attached hydrogens (tertiary/aromatic N) is 2. The number of nitrogens with two attached hydrogens (primary N) is 1. The molecule has 1 aliphatic heterocycles. The number of aliphatic imine (C=N–C) groups is 1. The fourth-order valence-corrected chi connectivity index (χ4v) is 2.19. The Morgan fingerprint density at radius 3 is 2.76 bits per heavy atom. The SMILES string of the molecule is CCCCCN1CC(N)N=C1c1ccccc1. The summed E-state index contributed by atoms with van der Waals surface area (Å²) in [5.41, 5.74) is 7.11. The number of rotatable bonds is 5. The molecule has 0 amide bonds. The normalized spacial score (nSPS) is 19.5. The van der Waals surface area contributed by atoms with Gasteiger partial charge in [0.1, 0.15) is 12.0 Å². The quantitative estimate of drug-likeness (QED) is 0.789. The number of hydrogen-bond acceptors (Lipinski definition) is 3. The van der Waals surface area contributed by atoms with E-state index in [-0.39, 0.29) is 6.17 Å². The average molecular weight is 231 g/mol. The lowest BCUT2D eigenvalue weighted by Crippen LogP contribution is -2.33. The first-order chi connectivity index (χ1) is 8.31. The molecule has 3 heteroatoms. The van der Waals surface area contributed by atoms with Crippen molar-refractivity contribution < 1.29 is 0 Å². The molecule has 1 unspecified atom stereocenters. The van der Waals surface area contributed by atoms with Crippen LogP contribution < -0.4 is 5.73 Å². The molecule has 0 bridgehead atoms. The van der Waals surface area contributed by atoms with Crippen LogP contribution >= 0.6 is 0 Å². The number of benzene rings is 1. The van der Waals surface area contributed by atoms with Gasteiger partial charge in [-0.15, -0.1) is 0 Å². The highest BCUT2D eigenvalue weighted by Crippen LogP contribution is 2.14. The second-order valence-corrected chi connectivity index (χ2v) is 4.54. The summed E-state index contributed by atoms with van der Waals surface area (Å²) >= 11 is 0. The van der Waals surface area contributed by atoms with Crippen LogP contribution in [0.2, 0.25) is 0 Å². The summed E-state index contributed by atoms with van der Waals surface area (Å²) in [5, 5.41) is 0. The number of amidine groups is 1. The van der Waals surface area contributed by atoms with Crippen LogP contribution in [0, 0.1) is 0 Å². The van der Waals surface area contributed by atoms with Crippen molar-refractivity contribution in [3.63, 3.8) is 0 Å². The third-order valence-corrected chi connectivity index (χ3v) is 3.06. The average Bonchev–Trinajstić information content (AvgIpc) is 2.72. The summed E-state index contributed by atoms with van der Waals surface area (Å²) in [7, 11) is 0. The lowest BCUT2D eigenvalue weighted by Gasteiger charge is -2.20. The summed E-state index contributed by atoms with van der Waals surface area (Å²) < 4.78 is 0. The molecule has 2 rings (SSSR count). The Hall–Kier alpha value is -1.35. The molecule has 0 saturated heterocycles. The van der Waals surface area contributed by atoms with Gasteiger partial charge in [0, 0.05) is 12.1 Å². The first-order valence-electron chi connectivity index (χ1n) is 6.45. The maximum Gasteiger partial charge on any atom is 0.132 e. The summed E-state index contributed by atoms with van der Waals surface area (Å²) in [4.78, 5) is 6.85. The second kappa shape index (κ2) is 5.82.